The third-order valence-corrected chi connectivity index (χ3v) is 7.01. The number of rotatable bonds is 12. The minimum atomic E-state index is -1.17. The summed E-state index contributed by atoms with van der Waals surface area (Å²) in [7, 11) is 4.71. The number of fused-ring (bicyclic) bond motifs is 1. The van der Waals surface area contributed by atoms with E-state index < -0.39 is 29.8 Å². The van der Waals surface area contributed by atoms with Crippen LogP contribution < -0.4 is 14.2 Å². The van der Waals surface area contributed by atoms with E-state index in [9.17, 15) is 24.6 Å². The normalized spacial score (nSPS) is 14.1. The van der Waals surface area contributed by atoms with Crippen LogP contribution in [0.4, 0.5) is 0 Å². The number of benzene rings is 3. The Labute approximate surface area is 226 Å². The van der Waals surface area contributed by atoms with E-state index in [2.05, 4.69) is 0 Å². The van der Waals surface area contributed by atoms with Crippen LogP contribution in [-0.2, 0) is 11.2 Å². The smallest absolute Gasteiger partial charge is 0.309 e. The molecule has 39 heavy (non-hydrogen) atoms. The van der Waals surface area contributed by atoms with Crippen LogP contribution >= 0.6 is 0 Å². The number of methoxy groups -OCH3 is 3. The predicted molar refractivity (Wildman–Crippen MR) is 143 cm³/mol. The van der Waals surface area contributed by atoms with Crippen molar-refractivity contribution in [1.82, 2.24) is 4.90 Å². The monoisotopic (exact) mass is 533 g/mol. The molecule has 204 valence electrons. The Hall–Kier alpha value is -4.37. The van der Waals surface area contributed by atoms with Gasteiger partial charge in [0.05, 0.1) is 50.0 Å². The fourth-order valence-electron chi connectivity index (χ4n) is 4.83. The SMILES string of the molecule is COc1cc(OC)c(-c2ccc(CC[C@@H](O)[C@H](CCN3C(=O)c4ccccc4C3=O)C(=O)O)cc2)c(OC)c1. The molecule has 1 aliphatic heterocycles. The minimum absolute atomic E-state index is 0.0437. The third-order valence-electron chi connectivity index (χ3n) is 7.01. The predicted octanol–water partition coefficient (Wildman–Crippen LogP) is 4.06. The van der Waals surface area contributed by atoms with Gasteiger partial charge in [-0.15, -0.1) is 0 Å². The largest absolute Gasteiger partial charge is 0.496 e. The molecule has 2 atom stereocenters. The summed E-state index contributed by atoms with van der Waals surface area (Å²) in [6, 6.07) is 17.7. The zero-order chi connectivity index (χ0) is 28.1. The van der Waals surface area contributed by atoms with Crippen LogP contribution in [0, 0.1) is 5.92 Å². The van der Waals surface area contributed by atoms with Gasteiger partial charge in [-0.2, -0.15) is 0 Å². The van der Waals surface area contributed by atoms with Crippen LogP contribution in [0.25, 0.3) is 11.1 Å². The second kappa shape index (κ2) is 12.0. The van der Waals surface area contributed by atoms with Crippen molar-refractivity contribution in [3.8, 4) is 28.4 Å². The second-order valence-corrected chi connectivity index (χ2v) is 9.25. The van der Waals surface area contributed by atoms with E-state index >= 15 is 0 Å². The second-order valence-electron chi connectivity index (χ2n) is 9.25. The van der Waals surface area contributed by atoms with E-state index in [1.54, 1.807) is 57.7 Å². The summed E-state index contributed by atoms with van der Waals surface area (Å²) >= 11 is 0. The van der Waals surface area contributed by atoms with Crippen LogP contribution in [0.15, 0.2) is 60.7 Å². The summed E-state index contributed by atoms with van der Waals surface area (Å²) in [5.41, 5.74) is 3.16. The summed E-state index contributed by atoms with van der Waals surface area (Å²) in [6.07, 6.45) is -0.556. The van der Waals surface area contributed by atoms with Gasteiger partial charge in [-0.25, -0.2) is 0 Å². The molecular formula is C30H31NO8. The lowest BCUT2D eigenvalue weighted by atomic mass is 9.92. The number of aliphatic hydroxyl groups excluding tert-OH is 1. The van der Waals surface area contributed by atoms with E-state index in [-0.39, 0.29) is 19.4 Å². The highest BCUT2D eigenvalue weighted by Crippen LogP contribution is 2.41. The number of carbonyl (C=O) groups is 3. The number of imide groups is 1. The Kier molecular flexibility index (Phi) is 8.51. The molecule has 0 spiro atoms. The highest BCUT2D eigenvalue weighted by Gasteiger charge is 2.36. The van der Waals surface area contributed by atoms with E-state index in [0.717, 1.165) is 21.6 Å². The fraction of sp³-hybridized carbons (Fsp3) is 0.300. The number of carbonyl (C=O) groups excluding carboxylic acids is 2. The molecule has 1 heterocycles. The van der Waals surface area contributed by atoms with Crippen LogP contribution in [0.1, 0.15) is 39.1 Å². The first-order chi connectivity index (χ1) is 18.8. The number of nitrogens with zero attached hydrogens (tertiary/aromatic N) is 1. The van der Waals surface area contributed by atoms with Gasteiger partial charge in [0, 0.05) is 18.7 Å². The average molecular weight is 534 g/mol. The lowest BCUT2D eigenvalue weighted by molar-refractivity contribution is -0.146. The quantitative estimate of drug-likeness (QED) is 0.334. The van der Waals surface area contributed by atoms with Gasteiger partial charge in [-0.05, 0) is 42.5 Å². The first kappa shape index (κ1) is 27.7. The number of aryl methyl sites for hydroxylation is 1. The van der Waals surface area contributed by atoms with Crippen molar-refractivity contribution < 1.29 is 38.8 Å². The molecule has 3 aromatic rings. The number of amides is 2. The molecule has 0 unspecified atom stereocenters. The molecule has 0 saturated carbocycles. The van der Waals surface area contributed by atoms with E-state index in [4.69, 9.17) is 14.2 Å². The Morgan fingerprint density at radius 1 is 0.846 bits per heavy atom. The number of ether oxygens (including phenoxy) is 3. The molecule has 4 rings (SSSR count). The lowest BCUT2D eigenvalue weighted by Crippen LogP contribution is -2.36. The Morgan fingerprint density at radius 3 is 1.90 bits per heavy atom. The summed E-state index contributed by atoms with van der Waals surface area (Å²) in [4.78, 5) is 38.1. The van der Waals surface area contributed by atoms with E-state index in [1.165, 1.54) is 0 Å². The lowest BCUT2D eigenvalue weighted by Gasteiger charge is -2.22. The summed E-state index contributed by atoms with van der Waals surface area (Å²) < 4.78 is 16.4. The number of aliphatic carboxylic acids is 1. The Bertz CT molecular complexity index is 1310. The topological polar surface area (TPSA) is 123 Å². The first-order valence-corrected chi connectivity index (χ1v) is 12.5. The van der Waals surface area contributed by atoms with E-state index in [1.807, 2.05) is 24.3 Å². The number of aliphatic hydroxyl groups is 1. The highest BCUT2D eigenvalue weighted by atomic mass is 16.5. The van der Waals surface area contributed by atoms with Crippen molar-refractivity contribution >= 4 is 17.8 Å². The van der Waals surface area contributed by atoms with Gasteiger partial charge in [-0.1, -0.05) is 36.4 Å². The van der Waals surface area contributed by atoms with Gasteiger partial charge in [0.1, 0.15) is 17.2 Å². The summed E-state index contributed by atoms with van der Waals surface area (Å²) in [5.74, 6) is -1.39. The van der Waals surface area contributed by atoms with Crippen LogP contribution in [0.2, 0.25) is 0 Å². The van der Waals surface area contributed by atoms with Crippen molar-refractivity contribution in [2.75, 3.05) is 27.9 Å². The fourth-order valence-corrected chi connectivity index (χ4v) is 4.83. The number of carboxylic acid groups (broad SMARTS) is 1. The maximum Gasteiger partial charge on any atom is 0.309 e. The van der Waals surface area contributed by atoms with Crippen molar-refractivity contribution in [3.63, 3.8) is 0 Å². The average Bonchev–Trinajstić information content (AvgIpc) is 3.20. The van der Waals surface area contributed by atoms with E-state index in [0.29, 0.717) is 34.8 Å². The molecule has 9 heteroatoms. The molecule has 0 aromatic heterocycles. The number of hydrogen-bond donors (Lipinski definition) is 2. The van der Waals surface area contributed by atoms with Crippen molar-refractivity contribution in [2.24, 2.45) is 5.92 Å². The van der Waals surface area contributed by atoms with Gasteiger partial charge in [0.2, 0.25) is 0 Å². The molecule has 3 aromatic carbocycles. The number of hydrogen-bond acceptors (Lipinski definition) is 7. The van der Waals surface area contributed by atoms with Crippen molar-refractivity contribution in [2.45, 2.75) is 25.4 Å². The molecule has 0 bridgehead atoms. The zero-order valence-electron chi connectivity index (χ0n) is 22.0. The molecule has 2 amide bonds. The van der Waals surface area contributed by atoms with Gasteiger partial charge in [0.15, 0.2) is 0 Å². The Balaban J connectivity index is 1.40. The van der Waals surface area contributed by atoms with Crippen LogP contribution in [0.3, 0.4) is 0 Å². The van der Waals surface area contributed by atoms with Gasteiger partial charge < -0.3 is 24.4 Å². The molecule has 2 N–H and O–H groups in total. The van der Waals surface area contributed by atoms with Gasteiger partial charge in [-0.3, -0.25) is 19.3 Å². The maximum atomic E-state index is 12.6. The Morgan fingerprint density at radius 2 is 1.41 bits per heavy atom. The summed E-state index contributed by atoms with van der Waals surface area (Å²) in [5, 5.41) is 20.5. The molecule has 0 fully saturated rings. The highest BCUT2D eigenvalue weighted by molar-refractivity contribution is 6.21. The standard InChI is InChI=1S/C30H31NO8/c1-37-20-16-25(38-2)27(26(17-20)39-3)19-11-8-18(9-12-19)10-13-24(32)23(30(35)36)14-15-31-28(33)21-6-4-5-7-22(21)29(31)34/h4-9,11-12,16-17,23-24,32H,10,13-15H2,1-3H3,(H,35,36)/t23-,24+/m0/s1. The van der Waals surface area contributed by atoms with Crippen molar-refractivity contribution in [1.29, 1.82) is 0 Å². The molecule has 0 saturated heterocycles. The minimum Gasteiger partial charge on any atom is -0.496 e. The zero-order valence-corrected chi connectivity index (χ0v) is 22.0. The van der Waals surface area contributed by atoms with Crippen LogP contribution in [0.5, 0.6) is 17.2 Å². The van der Waals surface area contributed by atoms with Gasteiger partial charge >= 0.3 is 5.97 Å². The van der Waals surface area contributed by atoms with Crippen molar-refractivity contribution in [3.05, 3.63) is 77.4 Å². The first-order valence-electron chi connectivity index (χ1n) is 12.5. The molecule has 0 radical (unpaired) electrons. The third kappa shape index (κ3) is 5.73. The van der Waals surface area contributed by atoms with Gasteiger partial charge in [0.25, 0.3) is 11.8 Å². The molecule has 1 aliphatic rings. The summed E-state index contributed by atoms with van der Waals surface area (Å²) in [6.45, 7) is -0.0827. The van der Waals surface area contributed by atoms with Crippen LogP contribution in [-0.4, -0.2) is 66.9 Å². The molecular weight excluding hydrogens is 502 g/mol. The molecule has 9 nitrogen and oxygen atoms in total. The molecule has 0 aliphatic carbocycles. The maximum absolute atomic E-state index is 12.6. The number of carboxylic acids is 1.